The van der Waals surface area contributed by atoms with Gasteiger partial charge in [0.25, 0.3) is 0 Å². The first-order valence-corrected chi connectivity index (χ1v) is 10.2. The molecular formula is C23H26N4OS. The fourth-order valence-electron chi connectivity index (χ4n) is 4.24. The zero-order chi connectivity index (χ0) is 20.4. The van der Waals surface area contributed by atoms with Crippen LogP contribution < -0.4 is 5.32 Å². The number of aryl methyl sites for hydroxylation is 1. The Kier molecular flexibility index (Phi) is 5.65. The Bertz CT molecular complexity index is 987. The van der Waals surface area contributed by atoms with E-state index in [2.05, 4.69) is 70.0 Å². The number of benzene rings is 1. The quantitative estimate of drug-likeness (QED) is 0.624. The SMILES string of the molecule is COCCN1C(=S)N[C@H](c2ccccn2)[C@H]1c1cc(C)n(-c2ccccc2)c1C. The Balaban J connectivity index is 1.81. The summed E-state index contributed by atoms with van der Waals surface area (Å²) < 4.78 is 7.66. The third kappa shape index (κ3) is 3.66. The summed E-state index contributed by atoms with van der Waals surface area (Å²) in [7, 11) is 1.72. The zero-order valence-electron chi connectivity index (χ0n) is 17.0. The maximum absolute atomic E-state index is 5.71. The average Bonchev–Trinajstić information content (AvgIpc) is 3.23. The summed E-state index contributed by atoms with van der Waals surface area (Å²) in [5.41, 5.74) is 5.83. The number of pyridine rings is 1. The lowest BCUT2D eigenvalue weighted by Gasteiger charge is -2.28. The van der Waals surface area contributed by atoms with Gasteiger partial charge in [0, 0.05) is 36.9 Å². The van der Waals surface area contributed by atoms with Crippen molar-refractivity contribution in [1.82, 2.24) is 19.8 Å². The molecule has 2 aromatic heterocycles. The fourth-order valence-corrected chi connectivity index (χ4v) is 4.57. The van der Waals surface area contributed by atoms with Gasteiger partial charge in [-0.25, -0.2) is 0 Å². The van der Waals surface area contributed by atoms with Gasteiger partial charge in [0.15, 0.2) is 5.11 Å². The van der Waals surface area contributed by atoms with Crippen molar-refractivity contribution in [3.8, 4) is 5.69 Å². The average molecular weight is 407 g/mol. The van der Waals surface area contributed by atoms with E-state index in [1.807, 2.05) is 24.4 Å². The topological polar surface area (TPSA) is 42.3 Å². The number of thiocarbonyl (C=S) groups is 1. The van der Waals surface area contributed by atoms with E-state index in [0.29, 0.717) is 6.61 Å². The Morgan fingerprint density at radius 1 is 1.10 bits per heavy atom. The molecule has 6 heteroatoms. The molecule has 0 aliphatic carbocycles. The van der Waals surface area contributed by atoms with Gasteiger partial charge >= 0.3 is 0 Å². The standard InChI is InChI=1S/C23H26N4OS/c1-16-15-19(17(2)27(16)18-9-5-4-6-10-18)22-21(20-11-7-8-12-24-20)25-23(29)26(22)13-14-28-3/h4-12,15,21-22H,13-14H2,1-3H3,(H,25,29)/t21-,22-/m1/s1. The molecule has 1 N–H and O–H groups in total. The van der Waals surface area contributed by atoms with Crippen LogP contribution in [0, 0.1) is 13.8 Å². The minimum Gasteiger partial charge on any atom is -0.383 e. The van der Waals surface area contributed by atoms with Crippen molar-refractivity contribution in [2.45, 2.75) is 25.9 Å². The summed E-state index contributed by atoms with van der Waals surface area (Å²) in [6, 6.07) is 18.8. The van der Waals surface area contributed by atoms with E-state index in [-0.39, 0.29) is 12.1 Å². The predicted molar refractivity (Wildman–Crippen MR) is 119 cm³/mol. The van der Waals surface area contributed by atoms with Crippen LogP contribution in [0.15, 0.2) is 60.8 Å². The van der Waals surface area contributed by atoms with Gasteiger partial charge in [0.1, 0.15) is 0 Å². The molecule has 0 unspecified atom stereocenters. The van der Waals surface area contributed by atoms with Gasteiger partial charge in [0.05, 0.1) is 24.4 Å². The van der Waals surface area contributed by atoms with E-state index < -0.39 is 0 Å². The summed E-state index contributed by atoms with van der Waals surface area (Å²) >= 11 is 5.71. The molecule has 1 saturated heterocycles. The van der Waals surface area contributed by atoms with Crippen molar-refractivity contribution in [2.75, 3.05) is 20.3 Å². The molecule has 150 valence electrons. The Morgan fingerprint density at radius 3 is 2.55 bits per heavy atom. The van der Waals surface area contributed by atoms with E-state index in [9.17, 15) is 0 Å². The lowest BCUT2D eigenvalue weighted by Crippen LogP contribution is -2.32. The number of ether oxygens (including phenoxy) is 1. The molecule has 5 nitrogen and oxygen atoms in total. The van der Waals surface area contributed by atoms with Crippen molar-refractivity contribution in [3.05, 3.63) is 83.4 Å². The predicted octanol–water partition coefficient (Wildman–Crippen LogP) is 4.11. The van der Waals surface area contributed by atoms with Crippen LogP contribution in [0.25, 0.3) is 5.69 Å². The third-order valence-corrected chi connectivity index (χ3v) is 5.89. The molecule has 1 aliphatic heterocycles. The van der Waals surface area contributed by atoms with E-state index in [0.717, 1.165) is 17.4 Å². The number of hydrogen-bond donors (Lipinski definition) is 1. The van der Waals surface area contributed by atoms with Gasteiger partial charge in [-0.05, 0) is 62.0 Å². The normalized spacial score (nSPS) is 18.9. The van der Waals surface area contributed by atoms with E-state index >= 15 is 0 Å². The Morgan fingerprint density at radius 2 is 1.86 bits per heavy atom. The van der Waals surface area contributed by atoms with Crippen LogP contribution in [0.1, 0.15) is 34.7 Å². The summed E-state index contributed by atoms with van der Waals surface area (Å²) in [6.45, 7) is 5.68. The molecule has 3 aromatic rings. The van der Waals surface area contributed by atoms with Crippen LogP contribution in [-0.4, -0.2) is 39.8 Å². The van der Waals surface area contributed by atoms with Gasteiger partial charge in [-0.1, -0.05) is 24.3 Å². The molecule has 4 rings (SSSR count). The Labute approximate surface area is 177 Å². The van der Waals surface area contributed by atoms with Crippen molar-refractivity contribution < 1.29 is 4.74 Å². The van der Waals surface area contributed by atoms with Crippen LogP contribution in [0.3, 0.4) is 0 Å². The van der Waals surface area contributed by atoms with Crippen molar-refractivity contribution in [2.24, 2.45) is 0 Å². The molecule has 2 atom stereocenters. The first-order valence-electron chi connectivity index (χ1n) is 9.83. The van der Waals surface area contributed by atoms with Crippen molar-refractivity contribution in [1.29, 1.82) is 0 Å². The highest BCUT2D eigenvalue weighted by molar-refractivity contribution is 7.80. The van der Waals surface area contributed by atoms with E-state index in [1.54, 1.807) is 7.11 Å². The number of nitrogens with one attached hydrogen (secondary N) is 1. The minimum atomic E-state index is -0.00900. The van der Waals surface area contributed by atoms with E-state index in [4.69, 9.17) is 17.0 Å². The van der Waals surface area contributed by atoms with Gasteiger partial charge < -0.3 is 19.5 Å². The minimum absolute atomic E-state index is 0.00900. The van der Waals surface area contributed by atoms with Gasteiger partial charge in [-0.15, -0.1) is 0 Å². The fraction of sp³-hybridized carbons (Fsp3) is 0.304. The summed E-state index contributed by atoms with van der Waals surface area (Å²) in [4.78, 5) is 6.85. The summed E-state index contributed by atoms with van der Waals surface area (Å²) in [5.74, 6) is 0. The second-order valence-electron chi connectivity index (χ2n) is 7.31. The highest BCUT2D eigenvalue weighted by atomic mass is 32.1. The molecule has 0 saturated carbocycles. The molecule has 1 fully saturated rings. The molecule has 0 amide bonds. The van der Waals surface area contributed by atoms with Crippen LogP contribution in [0.4, 0.5) is 0 Å². The van der Waals surface area contributed by atoms with Crippen molar-refractivity contribution >= 4 is 17.3 Å². The van der Waals surface area contributed by atoms with Gasteiger partial charge in [-0.2, -0.15) is 0 Å². The number of methoxy groups -OCH3 is 1. The molecule has 0 radical (unpaired) electrons. The number of aromatic nitrogens is 2. The third-order valence-electron chi connectivity index (χ3n) is 5.54. The Hall–Kier alpha value is -2.70. The lowest BCUT2D eigenvalue weighted by atomic mass is 9.97. The van der Waals surface area contributed by atoms with E-state index in [1.165, 1.54) is 22.6 Å². The zero-order valence-corrected chi connectivity index (χ0v) is 17.8. The summed E-state index contributed by atoms with van der Waals surface area (Å²) in [6.07, 6.45) is 1.84. The van der Waals surface area contributed by atoms with Crippen LogP contribution in [-0.2, 0) is 4.74 Å². The summed E-state index contributed by atoms with van der Waals surface area (Å²) in [5, 5.41) is 4.25. The largest absolute Gasteiger partial charge is 0.383 e. The molecule has 1 aliphatic rings. The van der Waals surface area contributed by atoms with Gasteiger partial charge in [-0.3, -0.25) is 4.98 Å². The molecule has 3 heterocycles. The molecule has 0 bridgehead atoms. The monoisotopic (exact) mass is 406 g/mol. The number of nitrogens with zero attached hydrogens (tertiary/aromatic N) is 3. The highest BCUT2D eigenvalue weighted by Gasteiger charge is 2.41. The molecular weight excluding hydrogens is 380 g/mol. The lowest BCUT2D eigenvalue weighted by molar-refractivity contribution is 0.164. The molecule has 29 heavy (non-hydrogen) atoms. The smallest absolute Gasteiger partial charge is 0.170 e. The maximum Gasteiger partial charge on any atom is 0.170 e. The first-order chi connectivity index (χ1) is 14.1. The van der Waals surface area contributed by atoms with Crippen LogP contribution >= 0.6 is 12.2 Å². The second-order valence-corrected chi connectivity index (χ2v) is 7.70. The number of rotatable bonds is 6. The molecule has 1 aromatic carbocycles. The number of hydrogen-bond acceptors (Lipinski definition) is 3. The maximum atomic E-state index is 5.71. The van der Waals surface area contributed by atoms with Crippen LogP contribution in [0.2, 0.25) is 0 Å². The second kappa shape index (κ2) is 8.35. The van der Waals surface area contributed by atoms with Gasteiger partial charge in [0.2, 0.25) is 0 Å². The first kappa shape index (κ1) is 19.6. The van der Waals surface area contributed by atoms with Crippen molar-refractivity contribution in [3.63, 3.8) is 0 Å². The highest BCUT2D eigenvalue weighted by Crippen LogP contribution is 2.41. The molecule has 0 spiro atoms. The van der Waals surface area contributed by atoms with Crippen LogP contribution in [0.5, 0.6) is 0 Å². The number of para-hydroxylation sites is 1.